The van der Waals surface area contributed by atoms with Crippen molar-refractivity contribution in [1.29, 1.82) is 0 Å². The minimum Gasteiger partial charge on any atom is -0.462 e. The van der Waals surface area contributed by atoms with Crippen LogP contribution in [0.1, 0.15) is 60.8 Å². The summed E-state index contributed by atoms with van der Waals surface area (Å²) in [4.78, 5) is 62.9. The number of epoxide rings is 1. The van der Waals surface area contributed by atoms with Crippen LogP contribution in [0.4, 0.5) is 0 Å². The van der Waals surface area contributed by atoms with Crippen LogP contribution in [0.25, 0.3) is 0 Å². The topological polar surface area (TPSA) is 164 Å². The predicted octanol–water partition coefficient (Wildman–Crippen LogP) is 1.76. The Hall–Kier alpha value is -2.70. The number of rotatable bonds is 4. The van der Waals surface area contributed by atoms with E-state index in [0.717, 1.165) is 6.92 Å². The van der Waals surface area contributed by atoms with E-state index in [4.69, 9.17) is 40.0 Å². The zero-order valence-corrected chi connectivity index (χ0v) is 24.7. The maximum atomic E-state index is 13.0. The molecular formula is C28H37ClO12. The highest BCUT2D eigenvalue weighted by Crippen LogP contribution is 2.63. The molecule has 0 radical (unpaired) electrons. The lowest BCUT2D eigenvalue weighted by Gasteiger charge is -2.58. The largest absolute Gasteiger partial charge is 0.462 e. The number of esters is 5. The molecule has 2 aliphatic carbocycles. The number of halogens is 1. The Morgan fingerprint density at radius 3 is 1.98 bits per heavy atom. The number of hydrogen-bond acceptors (Lipinski definition) is 12. The van der Waals surface area contributed by atoms with E-state index in [9.17, 15) is 29.1 Å². The maximum absolute atomic E-state index is 13.0. The first-order valence-electron chi connectivity index (χ1n) is 13.6. The van der Waals surface area contributed by atoms with Crippen molar-refractivity contribution in [3.63, 3.8) is 0 Å². The van der Waals surface area contributed by atoms with Crippen molar-refractivity contribution in [3.05, 3.63) is 12.2 Å². The van der Waals surface area contributed by atoms with Crippen LogP contribution in [0.3, 0.4) is 0 Å². The number of aliphatic hydroxyl groups is 1. The van der Waals surface area contributed by atoms with Crippen LogP contribution in [-0.4, -0.2) is 88.7 Å². The second-order valence-corrected chi connectivity index (χ2v) is 12.2. The molecule has 0 aromatic rings. The molecule has 4 aliphatic rings. The van der Waals surface area contributed by atoms with Gasteiger partial charge < -0.3 is 33.5 Å². The van der Waals surface area contributed by atoms with Gasteiger partial charge in [-0.2, -0.15) is 0 Å². The van der Waals surface area contributed by atoms with Crippen LogP contribution in [0.5, 0.6) is 0 Å². The molecule has 2 saturated carbocycles. The molecule has 0 amide bonds. The van der Waals surface area contributed by atoms with Crippen molar-refractivity contribution in [2.75, 3.05) is 6.61 Å². The zero-order chi connectivity index (χ0) is 30.7. The fourth-order valence-electron chi connectivity index (χ4n) is 7.17. The molecule has 11 atom stereocenters. The summed E-state index contributed by atoms with van der Waals surface area (Å²) >= 11 is 6.78. The Balaban J connectivity index is 2.06. The number of fused-ring (bicyclic) bond motifs is 3. The van der Waals surface area contributed by atoms with Gasteiger partial charge in [0.25, 0.3) is 0 Å². The summed E-state index contributed by atoms with van der Waals surface area (Å²) in [7, 11) is 0. The predicted molar refractivity (Wildman–Crippen MR) is 139 cm³/mol. The molecule has 0 bridgehead atoms. The molecule has 13 heteroatoms. The van der Waals surface area contributed by atoms with E-state index in [0.29, 0.717) is 5.57 Å². The van der Waals surface area contributed by atoms with Crippen molar-refractivity contribution in [2.24, 2.45) is 17.3 Å². The molecule has 12 nitrogen and oxygen atoms in total. The van der Waals surface area contributed by atoms with Gasteiger partial charge >= 0.3 is 29.8 Å². The Labute approximate surface area is 242 Å². The Morgan fingerprint density at radius 2 is 1.46 bits per heavy atom. The van der Waals surface area contributed by atoms with Crippen LogP contribution < -0.4 is 0 Å². The minimum absolute atomic E-state index is 0.00347. The quantitative estimate of drug-likeness (QED) is 0.164. The van der Waals surface area contributed by atoms with Gasteiger partial charge in [-0.25, -0.2) is 0 Å². The molecule has 2 heterocycles. The summed E-state index contributed by atoms with van der Waals surface area (Å²) in [6.45, 7) is 11.9. The van der Waals surface area contributed by atoms with Gasteiger partial charge in [0.2, 0.25) is 0 Å². The van der Waals surface area contributed by atoms with Crippen LogP contribution in [-0.2, 0) is 52.4 Å². The third-order valence-corrected chi connectivity index (χ3v) is 9.68. The third-order valence-electron chi connectivity index (χ3n) is 9.14. The first kappa shape index (κ1) is 31.2. The second-order valence-electron chi connectivity index (χ2n) is 11.7. The normalized spacial score (nSPS) is 43.6. The Morgan fingerprint density at radius 1 is 0.951 bits per heavy atom. The second kappa shape index (κ2) is 10.9. The highest BCUT2D eigenvalue weighted by Gasteiger charge is 2.78. The number of hydrogen-bond donors (Lipinski definition) is 1. The lowest BCUT2D eigenvalue weighted by molar-refractivity contribution is -0.259. The highest BCUT2D eigenvalue weighted by atomic mass is 35.5. The van der Waals surface area contributed by atoms with Crippen molar-refractivity contribution in [1.82, 2.24) is 0 Å². The van der Waals surface area contributed by atoms with Gasteiger partial charge in [-0.1, -0.05) is 19.1 Å². The Kier molecular flexibility index (Phi) is 8.27. The van der Waals surface area contributed by atoms with E-state index in [2.05, 4.69) is 6.58 Å². The maximum Gasteiger partial charge on any atom is 0.312 e. The average molecular weight is 601 g/mol. The first-order chi connectivity index (χ1) is 19.0. The van der Waals surface area contributed by atoms with E-state index in [1.54, 1.807) is 6.92 Å². The van der Waals surface area contributed by atoms with Gasteiger partial charge in [-0.3, -0.25) is 24.0 Å². The summed E-state index contributed by atoms with van der Waals surface area (Å²) in [6, 6.07) is 0. The van der Waals surface area contributed by atoms with E-state index < -0.39 is 94.2 Å². The SMILES string of the molecule is C=C1CC[C@H](OC(C)=O)[C@@]2(C)[C@H](OC(C)=O)C[C@@H](OC(C)=O)[C@]3(CO3)[C@@H]2[C@H](OC(C)=O)[C@]2(O)[C@@H](C)C(=O)O[C@H]2[C@H]1Cl. The zero-order valence-electron chi connectivity index (χ0n) is 24.0. The Bertz CT molecular complexity index is 1150. The lowest BCUT2D eigenvalue weighted by Crippen LogP contribution is -2.72. The summed E-state index contributed by atoms with van der Waals surface area (Å²) in [5.41, 5.74) is -4.66. The van der Waals surface area contributed by atoms with Crippen molar-refractivity contribution in [3.8, 4) is 0 Å². The average Bonchev–Trinajstić information content (AvgIpc) is 3.61. The van der Waals surface area contributed by atoms with E-state index in [1.165, 1.54) is 27.7 Å². The number of alkyl halides is 1. The van der Waals surface area contributed by atoms with Crippen LogP contribution >= 0.6 is 11.6 Å². The monoisotopic (exact) mass is 600 g/mol. The number of carbonyl (C=O) groups is 5. The lowest BCUT2D eigenvalue weighted by atomic mass is 9.51. The minimum atomic E-state index is -2.25. The van der Waals surface area contributed by atoms with E-state index in [-0.39, 0.29) is 25.9 Å². The first-order valence-corrected chi connectivity index (χ1v) is 14.0. The standard InChI is InChI=1S/C28H37ClO12/c1-12-8-9-18(37-14(3)30)26(7)19(38-15(4)31)10-20(39-16(5)32)27(11-36-27)22(26)24(40-17(6)33)28(35)13(2)25(34)41-23(28)21(12)29/h13,18-24,35H,1,8-11H2,2-7H3/t13-,18-,19+,20+,21-,22+,23-,24-,26-,27+,28-/m0/s1. The third kappa shape index (κ3) is 5.12. The molecule has 2 saturated heterocycles. The van der Waals surface area contributed by atoms with Gasteiger partial charge in [0.1, 0.15) is 30.0 Å². The van der Waals surface area contributed by atoms with E-state index >= 15 is 0 Å². The number of ether oxygens (including phenoxy) is 6. The molecule has 2 aliphatic heterocycles. The molecular weight excluding hydrogens is 564 g/mol. The van der Waals surface area contributed by atoms with Crippen LogP contribution in [0.2, 0.25) is 0 Å². The highest BCUT2D eigenvalue weighted by molar-refractivity contribution is 6.23. The summed E-state index contributed by atoms with van der Waals surface area (Å²) in [5.74, 6) is -5.94. The van der Waals surface area contributed by atoms with Gasteiger partial charge in [-0.05, 0) is 19.8 Å². The van der Waals surface area contributed by atoms with Gasteiger partial charge in [0, 0.05) is 40.0 Å². The summed E-state index contributed by atoms with van der Waals surface area (Å²) in [5, 5.41) is 11.5. The van der Waals surface area contributed by atoms with E-state index in [1.807, 2.05) is 0 Å². The van der Waals surface area contributed by atoms with Crippen molar-refractivity contribution >= 4 is 41.4 Å². The molecule has 4 rings (SSSR count). The van der Waals surface area contributed by atoms with Crippen LogP contribution in [0.15, 0.2) is 12.2 Å². The van der Waals surface area contributed by atoms with Gasteiger partial charge in [0.05, 0.1) is 23.3 Å². The fraction of sp³-hybridized carbons (Fsp3) is 0.750. The van der Waals surface area contributed by atoms with Crippen LogP contribution in [0, 0.1) is 17.3 Å². The van der Waals surface area contributed by atoms with Crippen molar-refractivity contribution < 1.29 is 57.5 Å². The fourth-order valence-corrected chi connectivity index (χ4v) is 7.53. The molecule has 0 aromatic heterocycles. The van der Waals surface area contributed by atoms with Gasteiger partial charge in [0.15, 0.2) is 11.7 Å². The van der Waals surface area contributed by atoms with Gasteiger partial charge in [-0.15, -0.1) is 11.6 Å². The molecule has 1 spiro atoms. The van der Waals surface area contributed by atoms with Crippen molar-refractivity contribution in [2.45, 2.75) is 108 Å². The molecule has 228 valence electrons. The molecule has 4 fully saturated rings. The molecule has 0 unspecified atom stereocenters. The molecule has 1 N–H and O–H groups in total. The summed E-state index contributed by atoms with van der Waals surface area (Å²) in [6.07, 6.45) is -5.82. The number of carbonyl (C=O) groups excluding carboxylic acids is 5. The molecule has 41 heavy (non-hydrogen) atoms. The smallest absolute Gasteiger partial charge is 0.312 e. The summed E-state index contributed by atoms with van der Waals surface area (Å²) < 4.78 is 34.9. The molecule has 0 aromatic carbocycles.